The van der Waals surface area contributed by atoms with Gasteiger partial charge in [0.1, 0.15) is 0 Å². The quantitative estimate of drug-likeness (QED) is 0.613. The Kier molecular flexibility index (Phi) is 5.78. The number of benzene rings is 1. The SMILES string of the molecule is Cc1cccc(C(=O)NCCCCC(N)=S)c1C. The summed E-state index contributed by atoms with van der Waals surface area (Å²) in [6.45, 7) is 4.64. The lowest BCUT2D eigenvalue weighted by atomic mass is 10.0. The Bertz CT molecular complexity index is 443. The van der Waals surface area contributed by atoms with Gasteiger partial charge < -0.3 is 11.1 Å². The van der Waals surface area contributed by atoms with Gasteiger partial charge in [-0.1, -0.05) is 24.4 Å². The molecule has 1 aromatic rings. The predicted octanol–water partition coefficient (Wildman–Crippen LogP) is 2.49. The molecule has 0 fully saturated rings. The summed E-state index contributed by atoms with van der Waals surface area (Å²) in [5.41, 5.74) is 8.34. The number of nitrogens with one attached hydrogen (secondary N) is 1. The standard InChI is InChI=1S/C14H20N2OS/c1-10-6-5-7-12(11(10)2)14(17)16-9-4-3-8-13(15)18/h5-7H,3-4,8-9H2,1-2H3,(H2,15,18)(H,16,17). The molecule has 0 aromatic heterocycles. The molecular formula is C14H20N2OS. The summed E-state index contributed by atoms with van der Waals surface area (Å²) < 4.78 is 0. The Hall–Kier alpha value is -1.42. The van der Waals surface area contributed by atoms with Crippen molar-refractivity contribution in [3.63, 3.8) is 0 Å². The fourth-order valence-corrected chi connectivity index (χ4v) is 1.86. The van der Waals surface area contributed by atoms with Crippen LogP contribution in [0.4, 0.5) is 0 Å². The lowest BCUT2D eigenvalue weighted by Crippen LogP contribution is -2.25. The van der Waals surface area contributed by atoms with Crippen LogP contribution in [-0.4, -0.2) is 17.4 Å². The Morgan fingerprint density at radius 3 is 2.72 bits per heavy atom. The molecule has 0 unspecified atom stereocenters. The average molecular weight is 264 g/mol. The molecule has 0 atom stereocenters. The summed E-state index contributed by atoms with van der Waals surface area (Å²) in [7, 11) is 0. The number of amides is 1. The van der Waals surface area contributed by atoms with E-state index in [1.54, 1.807) is 0 Å². The summed E-state index contributed by atoms with van der Waals surface area (Å²) in [5, 5.41) is 2.92. The van der Waals surface area contributed by atoms with E-state index in [1.807, 2.05) is 32.0 Å². The number of hydrogen-bond donors (Lipinski definition) is 2. The number of unbranched alkanes of at least 4 members (excludes halogenated alkanes) is 1. The molecule has 0 aliphatic rings. The van der Waals surface area contributed by atoms with Crippen LogP contribution in [0.15, 0.2) is 18.2 Å². The highest BCUT2D eigenvalue weighted by atomic mass is 32.1. The highest BCUT2D eigenvalue weighted by Crippen LogP contribution is 2.12. The maximum atomic E-state index is 12.0. The molecule has 0 saturated heterocycles. The molecule has 0 radical (unpaired) electrons. The van der Waals surface area contributed by atoms with Crippen LogP contribution in [0.1, 0.15) is 40.7 Å². The van der Waals surface area contributed by atoms with Crippen LogP contribution in [0.25, 0.3) is 0 Å². The number of carbonyl (C=O) groups excluding carboxylic acids is 1. The summed E-state index contributed by atoms with van der Waals surface area (Å²) >= 11 is 4.80. The van der Waals surface area contributed by atoms with Gasteiger partial charge in [0.15, 0.2) is 0 Å². The minimum Gasteiger partial charge on any atom is -0.393 e. The zero-order valence-corrected chi connectivity index (χ0v) is 11.8. The Balaban J connectivity index is 2.41. The van der Waals surface area contributed by atoms with Crippen LogP contribution >= 0.6 is 12.2 Å². The summed E-state index contributed by atoms with van der Waals surface area (Å²) in [5.74, 6) is -0.00785. The maximum Gasteiger partial charge on any atom is 0.251 e. The fourth-order valence-electron chi connectivity index (χ4n) is 1.72. The molecule has 98 valence electrons. The first-order chi connectivity index (χ1) is 8.52. The van der Waals surface area contributed by atoms with Gasteiger partial charge in [-0.3, -0.25) is 4.79 Å². The summed E-state index contributed by atoms with van der Waals surface area (Å²) in [6, 6.07) is 5.77. The minimum atomic E-state index is -0.00785. The molecule has 0 saturated carbocycles. The molecule has 1 aromatic carbocycles. The molecule has 3 nitrogen and oxygen atoms in total. The summed E-state index contributed by atoms with van der Waals surface area (Å²) in [6.07, 6.45) is 2.56. The summed E-state index contributed by atoms with van der Waals surface area (Å²) in [4.78, 5) is 12.5. The third-order valence-electron chi connectivity index (χ3n) is 2.98. The number of thiocarbonyl (C=S) groups is 1. The van der Waals surface area contributed by atoms with Crippen molar-refractivity contribution in [1.82, 2.24) is 5.32 Å². The first-order valence-corrected chi connectivity index (χ1v) is 6.56. The predicted molar refractivity (Wildman–Crippen MR) is 78.9 cm³/mol. The van der Waals surface area contributed by atoms with Gasteiger partial charge in [0.2, 0.25) is 0 Å². The van der Waals surface area contributed by atoms with E-state index in [2.05, 4.69) is 5.32 Å². The van der Waals surface area contributed by atoms with Crippen LogP contribution in [0.2, 0.25) is 0 Å². The van der Waals surface area contributed by atoms with Crippen molar-refractivity contribution in [3.8, 4) is 0 Å². The highest BCUT2D eigenvalue weighted by molar-refractivity contribution is 7.80. The zero-order chi connectivity index (χ0) is 13.5. The fraction of sp³-hybridized carbons (Fsp3) is 0.429. The van der Waals surface area contributed by atoms with Gasteiger partial charge >= 0.3 is 0 Å². The second kappa shape index (κ2) is 7.11. The van der Waals surface area contributed by atoms with Crippen molar-refractivity contribution >= 4 is 23.1 Å². The molecule has 0 aliphatic heterocycles. The van der Waals surface area contributed by atoms with Crippen molar-refractivity contribution < 1.29 is 4.79 Å². The Morgan fingerprint density at radius 1 is 1.33 bits per heavy atom. The van der Waals surface area contributed by atoms with Gasteiger partial charge in [0, 0.05) is 12.1 Å². The topological polar surface area (TPSA) is 55.1 Å². The van der Waals surface area contributed by atoms with Crippen molar-refractivity contribution in [2.45, 2.75) is 33.1 Å². The van der Waals surface area contributed by atoms with Crippen LogP contribution in [-0.2, 0) is 0 Å². The van der Waals surface area contributed by atoms with Crippen LogP contribution in [0.3, 0.4) is 0 Å². The second-order valence-electron chi connectivity index (χ2n) is 4.43. The van der Waals surface area contributed by atoms with Crippen molar-refractivity contribution in [2.24, 2.45) is 5.73 Å². The number of hydrogen-bond acceptors (Lipinski definition) is 2. The van der Waals surface area contributed by atoms with E-state index in [-0.39, 0.29) is 5.91 Å². The van der Waals surface area contributed by atoms with Gasteiger partial charge in [0.05, 0.1) is 4.99 Å². The van der Waals surface area contributed by atoms with Crippen LogP contribution in [0.5, 0.6) is 0 Å². The van der Waals surface area contributed by atoms with E-state index in [1.165, 1.54) is 0 Å². The molecule has 3 N–H and O–H groups in total. The third kappa shape index (κ3) is 4.45. The highest BCUT2D eigenvalue weighted by Gasteiger charge is 2.08. The van der Waals surface area contributed by atoms with Crippen LogP contribution < -0.4 is 11.1 Å². The Morgan fingerprint density at radius 2 is 2.06 bits per heavy atom. The molecule has 18 heavy (non-hydrogen) atoms. The smallest absolute Gasteiger partial charge is 0.251 e. The Labute approximate surface area is 114 Å². The van der Waals surface area contributed by atoms with Crippen molar-refractivity contribution in [1.29, 1.82) is 0 Å². The number of nitrogens with two attached hydrogens (primary N) is 1. The van der Waals surface area contributed by atoms with E-state index >= 15 is 0 Å². The van der Waals surface area contributed by atoms with Gasteiger partial charge in [0.25, 0.3) is 5.91 Å². The number of carbonyl (C=O) groups is 1. The molecule has 0 spiro atoms. The molecule has 0 heterocycles. The first kappa shape index (κ1) is 14.6. The largest absolute Gasteiger partial charge is 0.393 e. The van der Waals surface area contributed by atoms with E-state index in [0.29, 0.717) is 11.5 Å². The minimum absolute atomic E-state index is 0.00785. The zero-order valence-electron chi connectivity index (χ0n) is 11.0. The second-order valence-corrected chi connectivity index (χ2v) is 4.95. The molecule has 1 rings (SSSR count). The molecule has 0 aliphatic carbocycles. The first-order valence-electron chi connectivity index (χ1n) is 6.15. The van der Waals surface area contributed by atoms with E-state index < -0.39 is 0 Å². The molecular weight excluding hydrogens is 244 g/mol. The van der Waals surface area contributed by atoms with Gasteiger partial charge in [-0.25, -0.2) is 0 Å². The molecule has 0 bridgehead atoms. The number of aryl methyl sites for hydroxylation is 1. The van der Waals surface area contributed by atoms with E-state index in [4.69, 9.17) is 18.0 Å². The lowest BCUT2D eigenvalue weighted by molar-refractivity contribution is 0.0952. The van der Waals surface area contributed by atoms with Gasteiger partial charge in [-0.15, -0.1) is 0 Å². The molecule has 4 heteroatoms. The third-order valence-corrected chi connectivity index (χ3v) is 3.19. The monoisotopic (exact) mass is 264 g/mol. The van der Waals surface area contributed by atoms with E-state index in [0.717, 1.165) is 36.0 Å². The number of rotatable bonds is 6. The van der Waals surface area contributed by atoms with E-state index in [9.17, 15) is 4.79 Å². The van der Waals surface area contributed by atoms with Crippen LogP contribution in [0, 0.1) is 13.8 Å². The molecule has 1 amide bonds. The van der Waals surface area contributed by atoms with Gasteiger partial charge in [-0.05, 0) is 50.3 Å². The van der Waals surface area contributed by atoms with Crippen molar-refractivity contribution in [2.75, 3.05) is 6.54 Å². The van der Waals surface area contributed by atoms with Crippen molar-refractivity contribution in [3.05, 3.63) is 34.9 Å². The van der Waals surface area contributed by atoms with Gasteiger partial charge in [-0.2, -0.15) is 0 Å². The normalized spacial score (nSPS) is 10.1. The maximum absolute atomic E-state index is 12.0. The lowest BCUT2D eigenvalue weighted by Gasteiger charge is -2.09. The average Bonchev–Trinajstić information content (AvgIpc) is 2.31.